The molecule has 0 aliphatic carbocycles. The summed E-state index contributed by atoms with van der Waals surface area (Å²) in [6.07, 6.45) is 17.2. The monoisotopic (exact) mass is 580 g/mol. The molecule has 2 aromatic rings. The largest absolute Gasteiger partial charge is 0.493 e. The minimum Gasteiger partial charge on any atom is -0.493 e. The molecule has 0 aromatic heterocycles. The van der Waals surface area contributed by atoms with Crippen molar-refractivity contribution < 1.29 is 23.7 Å². The number of hydrogen-bond acceptors (Lipinski definition) is 5. The van der Waals surface area contributed by atoms with Crippen molar-refractivity contribution in [2.75, 3.05) is 26.4 Å². The van der Waals surface area contributed by atoms with Gasteiger partial charge in [0.15, 0.2) is 17.3 Å². The van der Waals surface area contributed by atoms with Crippen LogP contribution in [-0.4, -0.2) is 32.2 Å². The molecule has 0 bridgehead atoms. The molecule has 0 atom stereocenters. The summed E-state index contributed by atoms with van der Waals surface area (Å²) in [7, 11) is 0. The molecule has 0 amide bonds. The number of carbonyl (C=O) groups excluding carboxylic acids is 1. The Kier molecular flexibility index (Phi) is 18.2. The Morgan fingerprint density at radius 1 is 0.619 bits per heavy atom. The molecule has 0 saturated heterocycles. The minimum absolute atomic E-state index is 0.142. The van der Waals surface area contributed by atoms with Crippen LogP contribution in [0.3, 0.4) is 0 Å². The second-order valence-electron chi connectivity index (χ2n) is 10.9. The Morgan fingerprint density at radius 3 is 1.74 bits per heavy atom. The van der Waals surface area contributed by atoms with Gasteiger partial charge < -0.3 is 18.9 Å². The van der Waals surface area contributed by atoms with Gasteiger partial charge in [0, 0.05) is 11.6 Å². The summed E-state index contributed by atoms with van der Waals surface area (Å²) in [6, 6.07) is 9.93. The van der Waals surface area contributed by atoms with Crippen molar-refractivity contribution in [1.82, 2.24) is 0 Å². The van der Waals surface area contributed by atoms with E-state index in [-0.39, 0.29) is 5.78 Å². The lowest BCUT2D eigenvalue weighted by molar-refractivity contribution is 0.104. The van der Waals surface area contributed by atoms with E-state index < -0.39 is 0 Å². The number of unbranched alkanes of at least 4 members (excludes halogenated alkanes) is 8. The van der Waals surface area contributed by atoms with Gasteiger partial charge in [0.2, 0.25) is 0 Å². The summed E-state index contributed by atoms with van der Waals surface area (Å²) in [5.41, 5.74) is 2.58. The molecule has 0 unspecified atom stereocenters. The van der Waals surface area contributed by atoms with E-state index >= 15 is 0 Å². The molecule has 42 heavy (non-hydrogen) atoms. The maximum absolute atomic E-state index is 13.8. The van der Waals surface area contributed by atoms with Crippen LogP contribution in [0, 0.1) is 0 Å². The third kappa shape index (κ3) is 12.9. The van der Waals surface area contributed by atoms with Crippen molar-refractivity contribution in [2.45, 2.75) is 118 Å². The number of ether oxygens (including phenoxy) is 4. The molecule has 234 valence electrons. The van der Waals surface area contributed by atoms with Crippen LogP contribution in [0.4, 0.5) is 0 Å². The predicted molar refractivity (Wildman–Crippen MR) is 176 cm³/mol. The van der Waals surface area contributed by atoms with Crippen molar-refractivity contribution in [2.24, 2.45) is 0 Å². The fraction of sp³-hybridized carbons (Fsp3) is 0.595. The van der Waals surface area contributed by atoms with Crippen molar-refractivity contribution >= 4 is 11.9 Å². The van der Waals surface area contributed by atoms with E-state index in [1.54, 1.807) is 6.08 Å². The van der Waals surface area contributed by atoms with E-state index in [2.05, 4.69) is 46.8 Å². The van der Waals surface area contributed by atoms with Gasteiger partial charge in [-0.2, -0.15) is 0 Å². The van der Waals surface area contributed by atoms with Crippen LogP contribution in [-0.2, 0) is 6.42 Å². The fourth-order valence-electron chi connectivity index (χ4n) is 4.57. The summed E-state index contributed by atoms with van der Waals surface area (Å²) in [5, 5.41) is 0. The van der Waals surface area contributed by atoms with Gasteiger partial charge >= 0.3 is 0 Å². The van der Waals surface area contributed by atoms with Gasteiger partial charge in [0.05, 0.1) is 32.0 Å². The number of hydrogen-bond donors (Lipinski definition) is 0. The number of allylic oxidation sites excluding steroid dienone is 1. The third-order valence-electron chi connectivity index (χ3n) is 7.21. The highest BCUT2D eigenvalue weighted by molar-refractivity contribution is 6.09. The minimum atomic E-state index is -0.142. The second kappa shape index (κ2) is 21.7. The molecule has 0 spiro atoms. The van der Waals surface area contributed by atoms with Crippen LogP contribution < -0.4 is 18.9 Å². The van der Waals surface area contributed by atoms with Crippen LogP contribution in [0.1, 0.15) is 133 Å². The van der Waals surface area contributed by atoms with Crippen molar-refractivity contribution in [3.8, 4) is 23.0 Å². The maximum atomic E-state index is 13.8. The zero-order valence-corrected chi connectivity index (χ0v) is 27.1. The zero-order chi connectivity index (χ0) is 30.4. The van der Waals surface area contributed by atoms with E-state index in [1.807, 2.05) is 24.3 Å². The first-order chi connectivity index (χ1) is 20.6. The molecule has 0 aliphatic rings. The van der Waals surface area contributed by atoms with Crippen LogP contribution >= 0.6 is 0 Å². The van der Waals surface area contributed by atoms with Gasteiger partial charge in [-0.25, -0.2) is 0 Å². The molecule has 2 aromatic carbocycles. The number of aryl methyl sites for hydroxylation is 1. The lowest BCUT2D eigenvalue weighted by Gasteiger charge is -2.18. The van der Waals surface area contributed by atoms with Gasteiger partial charge in [0.25, 0.3) is 0 Å². The number of benzene rings is 2. The molecule has 0 fully saturated rings. The van der Waals surface area contributed by atoms with E-state index in [0.717, 1.165) is 94.8 Å². The predicted octanol–water partition coefficient (Wildman–Crippen LogP) is 10.4. The standard InChI is InChI=1S/C37H56O5/c1-6-11-15-23-39-32-28-33(37(42-26-18-14-9-4)36(29-32)41-25-17-13-8-3)34(38)21-20-31-27-30(10-5)19-22-35(31)40-24-16-12-7-2/h19-22,27-29H,6-18,23-26H2,1-5H3/b21-20+. The quantitative estimate of drug-likeness (QED) is 0.0702. The highest BCUT2D eigenvalue weighted by Crippen LogP contribution is 2.37. The first-order valence-corrected chi connectivity index (χ1v) is 16.6. The molecular formula is C37H56O5. The molecule has 0 N–H and O–H groups in total. The lowest BCUT2D eigenvalue weighted by Crippen LogP contribution is -2.09. The average Bonchev–Trinajstić information content (AvgIpc) is 3.01. The molecule has 0 radical (unpaired) electrons. The SMILES string of the molecule is CCCCCOc1cc(OCCCCC)c(OCCCCC)c(C(=O)/C=C/c2cc(CC)ccc2OCCCCC)c1. The Hall–Kier alpha value is -2.95. The first-order valence-electron chi connectivity index (χ1n) is 16.6. The average molecular weight is 581 g/mol. The van der Waals surface area contributed by atoms with Crippen molar-refractivity contribution in [1.29, 1.82) is 0 Å². The van der Waals surface area contributed by atoms with E-state index in [0.29, 0.717) is 49.2 Å². The summed E-state index contributed by atoms with van der Waals surface area (Å²) in [6.45, 7) is 13.2. The zero-order valence-electron chi connectivity index (χ0n) is 27.1. The summed E-state index contributed by atoms with van der Waals surface area (Å²) in [4.78, 5) is 13.8. The summed E-state index contributed by atoms with van der Waals surface area (Å²) in [5.74, 6) is 2.40. The van der Waals surface area contributed by atoms with Gasteiger partial charge in [-0.15, -0.1) is 0 Å². The molecular weight excluding hydrogens is 524 g/mol. The highest BCUT2D eigenvalue weighted by atomic mass is 16.5. The molecule has 5 heteroatoms. The summed E-state index contributed by atoms with van der Waals surface area (Å²) < 4.78 is 24.7. The first kappa shape index (κ1) is 35.2. The molecule has 5 nitrogen and oxygen atoms in total. The molecule has 2 rings (SSSR count). The lowest BCUT2D eigenvalue weighted by atomic mass is 10.0. The topological polar surface area (TPSA) is 54.0 Å². The fourth-order valence-corrected chi connectivity index (χ4v) is 4.57. The molecule has 0 heterocycles. The van der Waals surface area contributed by atoms with E-state index in [4.69, 9.17) is 18.9 Å². The summed E-state index contributed by atoms with van der Waals surface area (Å²) >= 11 is 0. The Labute approximate surface area is 256 Å². The Balaban J connectivity index is 2.42. The van der Waals surface area contributed by atoms with Crippen LogP contribution in [0.5, 0.6) is 23.0 Å². The van der Waals surface area contributed by atoms with E-state index in [9.17, 15) is 4.79 Å². The van der Waals surface area contributed by atoms with Gasteiger partial charge in [-0.05, 0) is 68.0 Å². The Bertz CT molecular complexity index is 1060. The maximum Gasteiger partial charge on any atom is 0.189 e. The number of rotatable bonds is 24. The number of ketones is 1. The van der Waals surface area contributed by atoms with Crippen LogP contribution in [0.15, 0.2) is 36.4 Å². The van der Waals surface area contributed by atoms with Crippen LogP contribution in [0.2, 0.25) is 0 Å². The number of carbonyl (C=O) groups is 1. The molecule has 0 aliphatic heterocycles. The Morgan fingerprint density at radius 2 is 1.17 bits per heavy atom. The smallest absolute Gasteiger partial charge is 0.189 e. The van der Waals surface area contributed by atoms with Crippen molar-refractivity contribution in [3.05, 3.63) is 53.1 Å². The van der Waals surface area contributed by atoms with Crippen LogP contribution in [0.25, 0.3) is 6.08 Å². The van der Waals surface area contributed by atoms with Gasteiger partial charge in [-0.1, -0.05) is 92.1 Å². The molecule has 0 saturated carbocycles. The normalized spacial score (nSPS) is 11.2. The van der Waals surface area contributed by atoms with Gasteiger partial charge in [-0.3, -0.25) is 4.79 Å². The van der Waals surface area contributed by atoms with Crippen molar-refractivity contribution in [3.63, 3.8) is 0 Å². The second-order valence-corrected chi connectivity index (χ2v) is 10.9. The van der Waals surface area contributed by atoms with Gasteiger partial charge in [0.1, 0.15) is 11.5 Å². The highest BCUT2D eigenvalue weighted by Gasteiger charge is 2.20. The van der Waals surface area contributed by atoms with E-state index in [1.165, 1.54) is 5.56 Å². The third-order valence-corrected chi connectivity index (χ3v) is 7.21.